The molecule has 1 aliphatic rings. The van der Waals surface area contributed by atoms with Gasteiger partial charge in [0.1, 0.15) is 12.2 Å². The summed E-state index contributed by atoms with van der Waals surface area (Å²) in [6, 6.07) is 0. The summed E-state index contributed by atoms with van der Waals surface area (Å²) >= 11 is 0. The molecule has 2 heterocycles. The predicted octanol–water partition coefficient (Wildman–Crippen LogP) is 2.25. The molecule has 1 aromatic rings. The molecule has 6 nitrogen and oxygen atoms in total. The number of alkyl halides is 6. The van der Waals surface area contributed by atoms with Gasteiger partial charge in [-0.2, -0.15) is 31.4 Å². The molecule has 12 heteroatoms. The summed E-state index contributed by atoms with van der Waals surface area (Å²) in [4.78, 5) is 3.71. The fraction of sp³-hybridized carbons (Fsp3) is 0.500. The minimum Gasteiger partial charge on any atom is -0.332 e. The number of halogens is 6. The lowest BCUT2D eigenvalue weighted by atomic mass is 10.0. The molecule has 4 N–H and O–H groups in total. The van der Waals surface area contributed by atoms with Crippen molar-refractivity contribution in [2.75, 3.05) is 5.32 Å². The van der Waals surface area contributed by atoms with E-state index in [1.807, 2.05) is 0 Å². The summed E-state index contributed by atoms with van der Waals surface area (Å²) in [5.74, 6) is -0.136. The van der Waals surface area contributed by atoms with Gasteiger partial charge >= 0.3 is 12.4 Å². The van der Waals surface area contributed by atoms with E-state index >= 15 is 0 Å². The van der Waals surface area contributed by atoms with Crippen molar-refractivity contribution in [2.24, 2.45) is 10.7 Å². The molecule has 0 fully saturated rings. The third-order valence-corrected chi connectivity index (χ3v) is 3.09. The molecular weight excluding hydrogens is 342 g/mol. The molecule has 0 bridgehead atoms. The van der Waals surface area contributed by atoms with Gasteiger partial charge in [0.05, 0.1) is 17.0 Å². The number of hydrogen-bond acceptors (Lipinski definition) is 5. The third kappa shape index (κ3) is 4.19. The molecular formula is C12H14F6N6. The molecule has 0 radical (unpaired) electrons. The standard InChI is InChI=1S/C12H14F6N6/c1-6-7(4-24(23-6)5-11(13,14)15)21-9-20-3-8(12(16,17)18)10(2,19)22-9/h3-4H,5,19H2,1-2H3,(H2,20,21,22). The molecule has 1 atom stereocenters. The van der Waals surface area contributed by atoms with Crippen LogP contribution >= 0.6 is 0 Å². The van der Waals surface area contributed by atoms with Crippen molar-refractivity contribution in [2.45, 2.75) is 38.4 Å². The number of nitrogens with two attached hydrogens (primary N) is 1. The molecule has 24 heavy (non-hydrogen) atoms. The van der Waals surface area contributed by atoms with Gasteiger partial charge in [-0.15, -0.1) is 0 Å². The second-order valence-corrected chi connectivity index (χ2v) is 5.37. The Kier molecular flexibility index (Phi) is 4.29. The number of aryl methyl sites for hydroxylation is 1. The number of aliphatic imine (C=N–C) groups is 1. The average molecular weight is 356 g/mol. The largest absolute Gasteiger partial charge is 0.417 e. The normalized spacial score (nSPS) is 21.9. The van der Waals surface area contributed by atoms with Gasteiger partial charge in [-0.1, -0.05) is 0 Å². The number of guanidine groups is 1. The Morgan fingerprint density at radius 3 is 2.42 bits per heavy atom. The van der Waals surface area contributed by atoms with E-state index in [-0.39, 0.29) is 17.3 Å². The maximum Gasteiger partial charge on any atom is 0.417 e. The average Bonchev–Trinajstić information content (AvgIpc) is 2.63. The molecule has 0 saturated heterocycles. The fourth-order valence-electron chi connectivity index (χ4n) is 2.08. The molecule has 134 valence electrons. The van der Waals surface area contributed by atoms with Crippen LogP contribution in [0.1, 0.15) is 12.6 Å². The Hall–Kier alpha value is -2.24. The Balaban J connectivity index is 2.18. The van der Waals surface area contributed by atoms with E-state index < -0.39 is 30.1 Å². The van der Waals surface area contributed by atoms with E-state index in [1.54, 1.807) is 0 Å². The number of rotatable bonds is 2. The summed E-state index contributed by atoms with van der Waals surface area (Å²) in [6.45, 7) is 1.22. The molecule has 0 aromatic carbocycles. The Bertz CT molecular complexity index is 681. The van der Waals surface area contributed by atoms with Gasteiger partial charge in [0.25, 0.3) is 0 Å². The second kappa shape index (κ2) is 5.69. The van der Waals surface area contributed by atoms with Crippen LogP contribution in [0.25, 0.3) is 0 Å². The van der Waals surface area contributed by atoms with Crippen LogP contribution in [0.15, 0.2) is 23.0 Å². The van der Waals surface area contributed by atoms with Crippen molar-refractivity contribution >= 4 is 11.6 Å². The third-order valence-electron chi connectivity index (χ3n) is 3.09. The molecule has 1 aliphatic heterocycles. The highest BCUT2D eigenvalue weighted by molar-refractivity contribution is 5.95. The highest BCUT2D eigenvalue weighted by atomic mass is 19.4. The molecule has 2 rings (SSSR count). The smallest absolute Gasteiger partial charge is 0.332 e. The lowest BCUT2D eigenvalue weighted by Gasteiger charge is -2.30. The zero-order valence-corrected chi connectivity index (χ0v) is 12.5. The van der Waals surface area contributed by atoms with E-state index in [1.165, 1.54) is 6.92 Å². The number of nitrogens with one attached hydrogen (secondary N) is 2. The van der Waals surface area contributed by atoms with Gasteiger partial charge in [-0.25, -0.2) is 4.99 Å². The van der Waals surface area contributed by atoms with Gasteiger partial charge < -0.3 is 16.4 Å². The minimum absolute atomic E-state index is 0.136. The van der Waals surface area contributed by atoms with Gasteiger partial charge in [-0.05, 0) is 13.8 Å². The lowest BCUT2D eigenvalue weighted by molar-refractivity contribution is -0.142. The molecule has 0 saturated carbocycles. The van der Waals surface area contributed by atoms with E-state index in [4.69, 9.17) is 5.73 Å². The first kappa shape index (κ1) is 18.1. The van der Waals surface area contributed by atoms with Crippen LogP contribution in [0.5, 0.6) is 0 Å². The SMILES string of the molecule is Cc1nn(CC(F)(F)F)cc1NC1=NC(C)(N)C(C(F)(F)F)=CN1. The molecule has 0 spiro atoms. The van der Waals surface area contributed by atoms with Crippen LogP contribution in [-0.4, -0.2) is 33.8 Å². The van der Waals surface area contributed by atoms with Crippen molar-refractivity contribution in [1.29, 1.82) is 0 Å². The zero-order valence-electron chi connectivity index (χ0n) is 12.5. The van der Waals surface area contributed by atoms with E-state index in [2.05, 4.69) is 20.7 Å². The highest BCUT2D eigenvalue weighted by Gasteiger charge is 2.45. The van der Waals surface area contributed by atoms with Crippen molar-refractivity contribution in [1.82, 2.24) is 15.1 Å². The molecule has 0 aliphatic carbocycles. The highest BCUT2D eigenvalue weighted by Crippen LogP contribution is 2.34. The van der Waals surface area contributed by atoms with Crippen LogP contribution in [0.4, 0.5) is 32.0 Å². The molecule has 1 aromatic heterocycles. The summed E-state index contributed by atoms with van der Waals surface area (Å²) in [7, 11) is 0. The molecule has 1 unspecified atom stereocenters. The fourth-order valence-corrected chi connectivity index (χ4v) is 2.08. The Labute approximate surface area is 132 Å². The van der Waals surface area contributed by atoms with Crippen LogP contribution in [0, 0.1) is 6.92 Å². The first-order valence-corrected chi connectivity index (χ1v) is 6.59. The van der Waals surface area contributed by atoms with Gasteiger partial charge in [0.2, 0.25) is 5.96 Å². The van der Waals surface area contributed by atoms with Crippen molar-refractivity contribution < 1.29 is 26.3 Å². The van der Waals surface area contributed by atoms with Gasteiger partial charge in [0.15, 0.2) is 0 Å². The summed E-state index contributed by atoms with van der Waals surface area (Å²) in [6.07, 6.45) is -7.38. The number of nitrogens with zero attached hydrogens (tertiary/aromatic N) is 3. The van der Waals surface area contributed by atoms with Crippen LogP contribution in [0.3, 0.4) is 0 Å². The predicted molar refractivity (Wildman–Crippen MR) is 73.9 cm³/mol. The number of hydrogen-bond donors (Lipinski definition) is 3. The van der Waals surface area contributed by atoms with Crippen LogP contribution < -0.4 is 16.4 Å². The van der Waals surface area contributed by atoms with Crippen LogP contribution in [-0.2, 0) is 6.54 Å². The molecule has 0 amide bonds. The number of anilines is 1. The maximum absolute atomic E-state index is 12.8. The first-order valence-electron chi connectivity index (χ1n) is 6.59. The Morgan fingerprint density at radius 2 is 1.92 bits per heavy atom. The van der Waals surface area contributed by atoms with Crippen molar-refractivity contribution in [3.8, 4) is 0 Å². The summed E-state index contributed by atoms with van der Waals surface area (Å²) in [5.41, 5.74) is 2.81. The first-order chi connectivity index (χ1) is 10.8. The van der Waals surface area contributed by atoms with Gasteiger partial charge in [0, 0.05) is 12.4 Å². The number of aromatic nitrogens is 2. The summed E-state index contributed by atoms with van der Waals surface area (Å²) in [5, 5.41) is 8.54. The van der Waals surface area contributed by atoms with Crippen molar-refractivity contribution in [3.05, 3.63) is 23.7 Å². The van der Waals surface area contributed by atoms with E-state index in [0.29, 0.717) is 10.9 Å². The lowest BCUT2D eigenvalue weighted by Crippen LogP contribution is -2.49. The van der Waals surface area contributed by atoms with E-state index in [9.17, 15) is 26.3 Å². The maximum atomic E-state index is 12.8. The van der Waals surface area contributed by atoms with E-state index in [0.717, 1.165) is 13.1 Å². The zero-order chi connectivity index (χ0) is 18.3. The quantitative estimate of drug-likeness (QED) is 0.710. The monoisotopic (exact) mass is 356 g/mol. The minimum atomic E-state index is -4.67. The summed E-state index contributed by atoms with van der Waals surface area (Å²) < 4.78 is 76.2. The van der Waals surface area contributed by atoms with Crippen molar-refractivity contribution in [3.63, 3.8) is 0 Å². The topological polar surface area (TPSA) is 80.3 Å². The Morgan fingerprint density at radius 1 is 1.29 bits per heavy atom. The van der Waals surface area contributed by atoms with Crippen LogP contribution in [0.2, 0.25) is 0 Å². The second-order valence-electron chi connectivity index (χ2n) is 5.37. The van der Waals surface area contributed by atoms with Gasteiger partial charge in [-0.3, -0.25) is 4.68 Å².